The first-order valence-electron chi connectivity index (χ1n) is 2.29. The normalized spacial score (nSPS) is 6.44. The summed E-state index contributed by atoms with van der Waals surface area (Å²) in [7, 11) is 0. The third kappa shape index (κ3) is 5.49. The van der Waals surface area contributed by atoms with Gasteiger partial charge in [0.1, 0.15) is 0 Å². The molecular weight excluding hydrogens is 169 g/mol. The van der Waals surface area contributed by atoms with Crippen LogP contribution in [0.5, 0.6) is 0 Å². The Morgan fingerprint density at radius 3 is 2.22 bits per heavy atom. The molecule has 0 bridgehead atoms. The molecular formula is C6H8O2Zn. The quantitative estimate of drug-likeness (QED) is 0.371. The molecule has 0 aromatic carbocycles. The first-order chi connectivity index (χ1) is 3.68. The van der Waals surface area contributed by atoms with Gasteiger partial charge in [0.2, 0.25) is 0 Å². The molecule has 9 heavy (non-hydrogen) atoms. The van der Waals surface area contributed by atoms with Crippen LogP contribution in [0.25, 0.3) is 0 Å². The summed E-state index contributed by atoms with van der Waals surface area (Å²) in [6, 6.07) is 0. The van der Waals surface area contributed by atoms with Crippen molar-refractivity contribution >= 4 is 5.97 Å². The Morgan fingerprint density at radius 1 is 1.67 bits per heavy atom. The number of aliphatic carboxylic acids is 1. The number of carboxylic acid groups (broad SMARTS) is 1. The molecule has 0 unspecified atom stereocenters. The third-order valence-electron chi connectivity index (χ3n) is 0.682. The van der Waals surface area contributed by atoms with Crippen LogP contribution in [0, 0.1) is 0 Å². The molecule has 46 valence electrons. The van der Waals surface area contributed by atoms with Crippen molar-refractivity contribution in [3.8, 4) is 0 Å². The van der Waals surface area contributed by atoms with E-state index in [2.05, 4.69) is 5.73 Å². The van der Waals surface area contributed by atoms with Gasteiger partial charge >= 0.3 is 5.97 Å². The summed E-state index contributed by atoms with van der Waals surface area (Å²) in [5.74, 6) is -0.914. The van der Waals surface area contributed by atoms with Gasteiger partial charge in [-0.15, -0.1) is 5.73 Å². The van der Waals surface area contributed by atoms with Crippen LogP contribution in [0.2, 0.25) is 0 Å². The molecule has 1 N–H and O–H groups in total. The summed E-state index contributed by atoms with van der Waals surface area (Å²) < 4.78 is 0. The summed E-state index contributed by atoms with van der Waals surface area (Å²) in [5.41, 5.74) is 2.78. The van der Waals surface area contributed by atoms with E-state index in [0.29, 0.717) is 0 Å². The predicted octanol–water partition coefficient (Wildman–Crippen LogP) is 1.19. The minimum absolute atomic E-state index is 0. The molecule has 0 radical (unpaired) electrons. The molecule has 0 amide bonds. The number of carboxylic acids is 1. The second kappa shape index (κ2) is 5.74. The van der Waals surface area contributed by atoms with Crippen LogP contribution in [0.3, 0.4) is 0 Å². The fourth-order valence-corrected chi connectivity index (χ4v) is 0.278. The van der Waals surface area contributed by atoms with Gasteiger partial charge in [-0.3, -0.25) is 0 Å². The van der Waals surface area contributed by atoms with E-state index in [1.165, 1.54) is 6.92 Å². The summed E-state index contributed by atoms with van der Waals surface area (Å²) >= 11 is 0. The molecule has 0 aromatic heterocycles. The van der Waals surface area contributed by atoms with Crippen molar-refractivity contribution in [2.75, 3.05) is 0 Å². The zero-order valence-corrected chi connectivity index (χ0v) is 8.61. The Labute approximate surface area is 67.0 Å². The maximum absolute atomic E-state index is 9.97. The zero-order valence-electron chi connectivity index (χ0n) is 5.64. The van der Waals surface area contributed by atoms with Gasteiger partial charge < -0.3 is 5.11 Å². The fraction of sp³-hybridized carbons (Fsp3) is 0.333. The summed E-state index contributed by atoms with van der Waals surface area (Å²) in [6.07, 6.45) is 1.57. The van der Waals surface area contributed by atoms with E-state index in [-0.39, 0.29) is 25.1 Å². The van der Waals surface area contributed by atoms with E-state index in [1.54, 1.807) is 13.0 Å². The van der Waals surface area contributed by atoms with E-state index in [4.69, 9.17) is 5.11 Å². The second-order valence-corrected chi connectivity index (χ2v) is 1.36. The molecule has 0 aliphatic carbocycles. The van der Waals surface area contributed by atoms with Crippen LogP contribution in [0.15, 0.2) is 17.4 Å². The number of hydrogen-bond acceptors (Lipinski definition) is 1. The van der Waals surface area contributed by atoms with E-state index < -0.39 is 5.97 Å². The fourth-order valence-electron chi connectivity index (χ4n) is 0.278. The summed E-state index contributed by atoms with van der Waals surface area (Å²) in [6.45, 7) is 3.23. The second-order valence-electron chi connectivity index (χ2n) is 1.36. The van der Waals surface area contributed by atoms with Gasteiger partial charge in [-0.25, -0.2) is 4.79 Å². The van der Waals surface area contributed by atoms with Crippen molar-refractivity contribution in [1.82, 2.24) is 0 Å². The average molecular weight is 178 g/mol. The molecule has 0 fully saturated rings. The van der Waals surface area contributed by atoms with Crippen molar-refractivity contribution in [3.63, 3.8) is 0 Å². The Hall–Kier alpha value is -0.387. The minimum Gasteiger partial charge on any atom is -0.477 e. The smallest absolute Gasteiger partial charge is 0.339 e. The van der Waals surface area contributed by atoms with E-state index in [0.717, 1.165) is 0 Å². The van der Waals surface area contributed by atoms with Crippen LogP contribution in [-0.4, -0.2) is 11.1 Å². The van der Waals surface area contributed by atoms with Crippen molar-refractivity contribution in [2.24, 2.45) is 0 Å². The maximum Gasteiger partial charge on any atom is 0.339 e. The third-order valence-corrected chi connectivity index (χ3v) is 0.682. The van der Waals surface area contributed by atoms with Crippen molar-refractivity contribution in [1.29, 1.82) is 0 Å². The standard InChI is InChI=1S/C6H8O2.Zn/c1-3-4-5(2)6(7)8;/h3H,1-2H3,(H,7,8);. The molecule has 0 atom stereocenters. The molecule has 0 aromatic rings. The van der Waals surface area contributed by atoms with E-state index in [9.17, 15) is 4.79 Å². The Bertz CT molecular complexity index is 154. The van der Waals surface area contributed by atoms with Gasteiger partial charge in [0.25, 0.3) is 0 Å². The first-order valence-corrected chi connectivity index (χ1v) is 2.29. The van der Waals surface area contributed by atoms with E-state index in [1.807, 2.05) is 0 Å². The SMILES string of the molecule is CC=C=C(C)C(=O)O.[Zn]. The van der Waals surface area contributed by atoms with Gasteiger partial charge in [0.15, 0.2) is 0 Å². The van der Waals surface area contributed by atoms with Crippen molar-refractivity contribution in [3.05, 3.63) is 17.4 Å². The molecule has 0 aliphatic heterocycles. The number of carbonyl (C=O) groups is 1. The van der Waals surface area contributed by atoms with Gasteiger partial charge in [0, 0.05) is 19.5 Å². The summed E-state index contributed by atoms with van der Waals surface area (Å²) in [4.78, 5) is 9.97. The van der Waals surface area contributed by atoms with Crippen LogP contribution >= 0.6 is 0 Å². The molecule has 0 spiro atoms. The summed E-state index contributed by atoms with van der Waals surface area (Å²) in [5, 5.41) is 8.19. The van der Waals surface area contributed by atoms with Crippen LogP contribution < -0.4 is 0 Å². The first kappa shape index (κ1) is 11.4. The average Bonchev–Trinajstić information content (AvgIpc) is 1.67. The van der Waals surface area contributed by atoms with Gasteiger partial charge in [-0.2, -0.15) is 0 Å². The predicted molar refractivity (Wildman–Crippen MR) is 30.6 cm³/mol. The maximum atomic E-state index is 9.97. The van der Waals surface area contributed by atoms with Crippen LogP contribution in [-0.2, 0) is 24.3 Å². The van der Waals surface area contributed by atoms with Crippen molar-refractivity contribution in [2.45, 2.75) is 13.8 Å². The Kier molecular flexibility index (Phi) is 7.29. The zero-order chi connectivity index (χ0) is 6.57. The Morgan fingerprint density at radius 2 is 2.11 bits per heavy atom. The number of rotatable bonds is 1. The monoisotopic (exact) mass is 176 g/mol. The Balaban J connectivity index is 0. The molecule has 0 rings (SSSR count). The molecule has 0 saturated carbocycles. The van der Waals surface area contributed by atoms with Gasteiger partial charge in [0.05, 0.1) is 5.57 Å². The van der Waals surface area contributed by atoms with Crippen molar-refractivity contribution < 1.29 is 29.4 Å². The van der Waals surface area contributed by atoms with E-state index >= 15 is 0 Å². The topological polar surface area (TPSA) is 37.3 Å². The largest absolute Gasteiger partial charge is 0.477 e. The molecule has 3 heteroatoms. The molecule has 2 nitrogen and oxygen atoms in total. The molecule has 0 saturated heterocycles. The van der Waals surface area contributed by atoms with Gasteiger partial charge in [-0.05, 0) is 19.9 Å². The van der Waals surface area contributed by atoms with Crippen LogP contribution in [0.4, 0.5) is 0 Å². The van der Waals surface area contributed by atoms with Gasteiger partial charge in [-0.1, -0.05) is 0 Å². The molecule has 0 heterocycles. The van der Waals surface area contributed by atoms with Crippen LogP contribution in [0.1, 0.15) is 13.8 Å². The molecule has 0 aliphatic rings. The minimum atomic E-state index is -0.914. The number of hydrogen-bond donors (Lipinski definition) is 1.